The molecule has 1 aromatic heterocycles. The van der Waals surface area contributed by atoms with Crippen LogP contribution >= 0.6 is 0 Å². The van der Waals surface area contributed by atoms with E-state index < -0.39 is 5.54 Å². The summed E-state index contributed by atoms with van der Waals surface area (Å²) in [6.07, 6.45) is 0.529. The Bertz CT molecular complexity index is 255. The highest BCUT2D eigenvalue weighted by molar-refractivity contribution is 5.07. The molecule has 4 nitrogen and oxygen atoms in total. The van der Waals surface area contributed by atoms with Crippen LogP contribution < -0.4 is 5.73 Å². The summed E-state index contributed by atoms with van der Waals surface area (Å²) in [6.45, 7) is 3.54. The second-order valence-corrected chi connectivity index (χ2v) is 3.42. The van der Waals surface area contributed by atoms with Crippen LogP contribution in [0, 0.1) is 6.92 Å². The zero-order chi connectivity index (χ0) is 9.19. The minimum atomic E-state index is -0.608. The largest absolute Gasteiger partial charge is 0.394 e. The lowest BCUT2D eigenvalue weighted by Crippen LogP contribution is -2.42. The lowest BCUT2D eigenvalue weighted by molar-refractivity contribution is 0.206. The van der Waals surface area contributed by atoms with E-state index in [0.717, 1.165) is 11.5 Å². The highest BCUT2D eigenvalue weighted by Gasteiger charge is 2.19. The van der Waals surface area contributed by atoms with Crippen LogP contribution in [0.25, 0.3) is 0 Å². The SMILES string of the molecule is Cc1cc(CC(C)(N)CO)no1. The third-order valence-electron chi connectivity index (χ3n) is 1.62. The molecule has 1 rings (SSSR count). The van der Waals surface area contributed by atoms with Crippen LogP contribution in [0.2, 0.25) is 0 Å². The number of aryl methyl sites for hydroxylation is 1. The van der Waals surface area contributed by atoms with E-state index in [1.165, 1.54) is 0 Å². The first kappa shape index (κ1) is 9.22. The zero-order valence-electron chi connectivity index (χ0n) is 7.37. The summed E-state index contributed by atoms with van der Waals surface area (Å²) in [6, 6.07) is 1.82. The first-order valence-electron chi connectivity index (χ1n) is 3.85. The number of aliphatic hydroxyl groups is 1. The Labute approximate surface area is 71.4 Å². The predicted molar refractivity (Wildman–Crippen MR) is 44.6 cm³/mol. The second-order valence-electron chi connectivity index (χ2n) is 3.42. The molecule has 0 saturated carbocycles. The first-order valence-corrected chi connectivity index (χ1v) is 3.85. The summed E-state index contributed by atoms with van der Waals surface area (Å²) < 4.78 is 4.87. The van der Waals surface area contributed by atoms with Gasteiger partial charge in [-0.25, -0.2) is 0 Å². The van der Waals surface area contributed by atoms with Crippen molar-refractivity contribution in [1.29, 1.82) is 0 Å². The first-order chi connectivity index (χ1) is 5.53. The van der Waals surface area contributed by atoms with Crippen LogP contribution in [-0.2, 0) is 6.42 Å². The number of hydrogen-bond acceptors (Lipinski definition) is 4. The fourth-order valence-electron chi connectivity index (χ4n) is 0.971. The van der Waals surface area contributed by atoms with Crippen molar-refractivity contribution >= 4 is 0 Å². The number of aromatic nitrogens is 1. The van der Waals surface area contributed by atoms with Crippen LogP contribution in [0.1, 0.15) is 18.4 Å². The molecule has 0 aromatic carbocycles. The van der Waals surface area contributed by atoms with E-state index in [2.05, 4.69) is 5.16 Å². The van der Waals surface area contributed by atoms with Gasteiger partial charge in [0.15, 0.2) is 0 Å². The molecule has 0 amide bonds. The van der Waals surface area contributed by atoms with Crippen molar-refractivity contribution in [2.45, 2.75) is 25.8 Å². The molecule has 12 heavy (non-hydrogen) atoms. The molecule has 0 aliphatic heterocycles. The fraction of sp³-hybridized carbons (Fsp3) is 0.625. The van der Waals surface area contributed by atoms with E-state index in [0.29, 0.717) is 6.42 Å². The Hall–Kier alpha value is -0.870. The Morgan fingerprint density at radius 2 is 2.42 bits per heavy atom. The Balaban J connectivity index is 2.63. The van der Waals surface area contributed by atoms with E-state index in [1.54, 1.807) is 6.92 Å². The normalized spacial score (nSPS) is 16.0. The molecule has 0 spiro atoms. The number of hydrogen-bond donors (Lipinski definition) is 2. The summed E-state index contributed by atoms with van der Waals surface area (Å²) in [5.74, 6) is 0.763. The van der Waals surface area contributed by atoms with Crippen LogP contribution in [0.4, 0.5) is 0 Å². The summed E-state index contributed by atoms with van der Waals surface area (Å²) in [4.78, 5) is 0. The van der Waals surface area contributed by atoms with Crippen molar-refractivity contribution in [2.24, 2.45) is 5.73 Å². The van der Waals surface area contributed by atoms with Gasteiger partial charge in [0, 0.05) is 18.0 Å². The van der Waals surface area contributed by atoms with Gasteiger partial charge in [0.25, 0.3) is 0 Å². The molecule has 1 heterocycles. The molecule has 68 valence electrons. The monoisotopic (exact) mass is 170 g/mol. The van der Waals surface area contributed by atoms with Crippen molar-refractivity contribution in [3.05, 3.63) is 17.5 Å². The highest BCUT2D eigenvalue weighted by atomic mass is 16.5. The third-order valence-corrected chi connectivity index (χ3v) is 1.62. The fourth-order valence-corrected chi connectivity index (χ4v) is 0.971. The van der Waals surface area contributed by atoms with E-state index in [9.17, 15) is 0 Å². The van der Waals surface area contributed by atoms with Gasteiger partial charge in [-0.3, -0.25) is 0 Å². The summed E-state index contributed by atoms with van der Waals surface area (Å²) in [5.41, 5.74) is 5.90. The van der Waals surface area contributed by atoms with Gasteiger partial charge in [-0.15, -0.1) is 0 Å². The van der Waals surface area contributed by atoms with Gasteiger partial charge in [-0.05, 0) is 13.8 Å². The summed E-state index contributed by atoms with van der Waals surface area (Å²) in [7, 11) is 0. The van der Waals surface area contributed by atoms with Crippen molar-refractivity contribution in [3.8, 4) is 0 Å². The van der Waals surface area contributed by atoms with E-state index >= 15 is 0 Å². The smallest absolute Gasteiger partial charge is 0.133 e. The molecule has 1 aromatic rings. The van der Waals surface area contributed by atoms with Gasteiger partial charge in [0.05, 0.1) is 12.3 Å². The third kappa shape index (κ3) is 2.32. The standard InChI is InChI=1S/C8H14N2O2/c1-6-3-7(10-12-6)4-8(2,9)5-11/h3,11H,4-5,9H2,1-2H3. The van der Waals surface area contributed by atoms with Crippen LogP contribution in [0.5, 0.6) is 0 Å². The molecule has 1 unspecified atom stereocenters. The molecule has 1 atom stereocenters. The highest BCUT2D eigenvalue weighted by Crippen LogP contribution is 2.09. The molecule has 4 heteroatoms. The van der Waals surface area contributed by atoms with Gasteiger partial charge in [-0.1, -0.05) is 5.16 Å². The lowest BCUT2D eigenvalue weighted by atomic mass is 9.98. The average Bonchev–Trinajstić information content (AvgIpc) is 2.35. The lowest BCUT2D eigenvalue weighted by Gasteiger charge is -2.19. The summed E-state index contributed by atoms with van der Waals surface area (Å²) in [5, 5.41) is 12.7. The van der Waals surface area contributed by atoms with Gasteiger partial charge in [0.1, 0.15) is 5.76 Å². The average molecular weight is 170 g/mol. The Kier molecular flexibility index (Phi) is 2.49. The molecule has 0 aliphatic carbocycles. The van der Waals surface area contributed by atoms with Crippen molar-refractivity contribution in [2.75, 3.05) is 6.61 Å². The molecule has 3 N–H and O–H groups in total. The number of nitrogens with zero attached hydrogens (tertiary/aromatic N) is 1. The van der Waals surface area contributed by atoms with Gasteiger partial charge < -0.3 is 15.4 Å². The van der Waals surface area contributed by atoms with E-state index in [-0.39, 0.29) is 6.61 Å². The van der Waals surface area contributed by atoms with Gasteiger partial charge in [0.2, 0.25) is 0 Å². The topological polar surface area (TPSA) is 72.3 Å². The number of nitrogens with two attached hydrogens (primary N) is 1. The van der Waals surface area contributed by atoms with Crippen LogP contribution in [-0.4, -0.2) is 22.4 Å². The second kappa shape index (κ2) is 3.25. The predicted octanol–water partition coefficient (Wildman–Crippen LogP) is 0.235. The molecule has 0 bridgehead atoms. The van der Waals surface area contributed by atoms with Crippen molar-refractivity contribution < 1.29 is 9.63 Å². The Morgan fingerprint density at radius 1 is 1.75 bits per heavy atom. The maximum atomic E-state index is 8.88. The van der Waals surface area contributed by atoms with Crippen molar-refractivity contribution in [1.82, 2.24) is 5.16 Å². The molecular weight excluding hydrogens is 156 g/mol. The maximum Gasteiger partial charge on any atom is 0.133 e. The number of rotatable bonds is 3. The molecule has 0 aliphatic rings. The minimum Gasteiger partial charge on any atom is -0.394 e. The molecular formula is C8H14N2O2. The quantitative estimate of drug-likeness (QED) is 0.681. The van der Waals surface area contributed by atoms with E-state index in [1.807, 2.05) is 13.0 Å². The zero-order valence-corrected chi connectivity index (χ0v) is 7.37. The minimum absolute atomic E-state index is 0.0566. The molecule has 0 saturated heterocycles. The Morgan fingerprint density at radius 3 is 2.83 bits per heavy atom. The van der Waals surface area contributed by atoms with Gasteiger partial charge in [-0.2, -0.15) is 0 Å². The number of aliphatic hydroxyl groups excluding tert-OH is 1. The van der Waals surface area contributed by atoms with Crippen LogP contribution in [0.15, 0.2) is 10.6 Å². The molecule has 0 fully saturated rings. The maximum absolute atomic E-state index is 8.88. The van der Waals surface area contributed by atoms with Crippen molar-refractivity contribution in [3.63, 3.8) is 0 Å². The van der Waals surface area contributed by atoms with Gasteiger partial charge >= 0.3 is 0 Å². The van der Waals surface area contributed by atoms with Crippen LogP contribution in [0.3, 0.4) is 0 Å². The summed E-state index contributed by atoms with van der Waals surface area (Å²) >= 11 is 0. The van der Waals surface area contributed by atoms with E-state index in [4.69, 9.17) is 15.4 Å². The molecule has 0 radical (unpaired) electrons.